The standard InChI is InChI=1S/C18H23NO4/c1-18(2,3)23-15(20)11-10-14-12-8-6-7-9-13(12)16(21-4)17(19-14)22-5/h6-9H,10-11H2,1-5H3. The first-order chi connectivity index (χ1) is 10.9. The van der Waals surface area contributed by atoms with Crippen molar-refractivity contribution in [1.82, 2.24) is 4.98 Å². The molecule has 0 unspecified atom stereocenters. The van der Waals surface area contributed by atoms with Crippen molar-refractivity contribution in [3.8, 4) is 11.6 Å². The molecule has 0 saturated heterocycles. The topological polar surface area (TPSA) is 57.7 Å². The summed E-state index contributed by atoms with van der Waals surface area (Å²) in [5.41, 5.74) is 0.314. The highest BCUT2D eigenvalue weighted by molar-refractivity contribution is 5.92. The van der Waals surface area contributed by atoms with Crippen molar-refractivity contribution in [2.45, 2.75) is 39.2 Å². The van der Waals surface area contributed by atoms with Gasteiger partial charge in [0.2, 0.25) is 0 Å². The molecule has 0 N–H and O–H groups in total. The van der Waals surface area contributed by atoms with Crippen LogP contribution in [0.15, 0.2) is 24.3 Å². The Hall–Kier alpha value is -2.30. The lowest BCUT2D eigenvalue weighted by atomic mass is 10.1. The molecular weight excluding hydrogens is 294 g/mol. The summed E-state index contributed by atoms with van der Waals surface area (Å²) in [4.78, 5) is 16.4. The van der Waals surface area contributed by atoms with Crippen molar-refractivity contribution >= 4 is 16.7 Å². The van der Waals surface area contributed by atoms with Crippen LogP contribution in [0.5, 0.6) is 11.6 Å². The van der Waals surface area contributed by atoms with E-state index >= 15 is 0 Å². The molecule has 1 aromatic carbocycles. The summed E-state index contributed by atoms with van der Waals surface area (Å²) in [6.07, 6.45) is 0.750. The first kappa shape index (κ1) is 17.1. The number of hydrogen-bond donors (Lipinski definition) is 0. The predicted molar refractivity (Wildman–Crippen MR) is 89.0 cm³/mol. The van der Waals surface area contributed by atoms with Gasteiger partial charge in [-0.05, 0) is 20.8 Å². The summed E-state index contributed by atoms with van der Waals surface area (Å²) in [7, 11) is 3.14. The maximum Gasteiger partial charge on any atom is 0.306 e. The number of ether oxygens (including phenoxy) is 3. The van der Waals surface area contributed by atoms with Crippen molar-refractivity contribution in [2.24, 2.45) is 0 Å². The van der Waals surface area contributed by atoms with Crippen LogP contribution in [-0.4, -0.2) is 30.8 Å². The fourth-order valence-electron chi connectivity index (χ4n) is 2.42. The predicted octanol–water partition coefficient (Wildman–Crippen LogP) is 3.53. The lowest BCUT2D eigenvalue weighted by molar-refractivity contribution is -0.154. The molecule has 0 spiro atoms. The smallest absolute Gasteiger partial charge is 0.306 e. The van der Waals surface area contributed by atoms with Crippen molar-refractivity contribution < 1.29 is 19.0 Å². The molecule has 0 aliphatic carbocycles. The van der Waals surface area contributed by atoms with E-state index in [4.69, 9.17) is 14.2 Å². The van der Waals surface area contributed by atoms with Crippen LogP contribution in [0.25, 0.3) is 10.8 Å². The zero-order chi connectivity index (χ0) is 17.0. The summed E-state index contributed by atoms with van der Waals surface area (Å²) in [5, 5.41) is 1.87. The number of methoxy groups -OCH3 is 2. The summed E-state index contributed by atoms with van der Waals surface area (Å²) in [6.45, 7) is 5.57. The van der Waals surface area contributed by atoms with E-state index in [0.29, 0.717) is 18.1 Å². The highest BCUT2D eigenvalue weighted by Gasteiger charge is 2.19. The van der Waals surface area contributed by atoms with Crippen molar-refractivity contribution in [1.29, 1.82) is 0 Å². The summed E-state index contributed by atoms with van der Waals surface area (Å²) in [5.74, 6) is 0.785. The first-order valence-electron chi connectivity index (χ1n) is 7.57. The zero-order valence-electron chi connectivity index (χ0n) is 14.3. The third-order valence-corrected chi connectivity index (χ3v) is 3.30. The van der Waals surface area contributed by atoms with Gasteiger partial charge in [0, 0.05) is 17.2 Å². The molecule has 0 bridgehead atoms. The Balaban J connectivity index is 2.32. The van der Waals surface area contributed by atoms with Gasteiger partial charge in [0.25, 0.3) is 5.88 Å². The van der Waals surface area contributed by atoms with E-state index < -0.39 is 5.60 Å². The molecule has 0 aliphatic heterocycles. The van der Waals surface area contributed by atoms with Gasteiger partial charge >= 0.3 is 5.97 Å². The van der Waals surface area contributed by atoms with Gasteiger partial charge in [-0.15, -0.1) is 0 Å². The maximum atomic E-state index is 11.9. The van der Waals surface area contributed by atoms with Crippen LogP contribution in [0, 0.1) is 0 Å². The van der Waals surface area contributed by atoms with Gasteiger partial charge in [0.15, 0.2) is 5.75 Å². The molecule has 23 heavy (non-hydrogen) atoms. The van der Waals surface area contributed by atoms with Gasteiger partial charge in [0.1, 0.15) is 5.60 Å². The summed E-state index contributed by atoms with van der Waals surface area (Å²) < 4.78 is 16.1. The maximum absolute atomic E-state index is 11.9. The molecule has 5 nitrogen and oxygen atoms in total. The van der Waals surface area contributed by atoms with Crippen LogP contribution >= 0.6 is 0 Å². The second-order valence-corrected chi connectivity index (χ2v) is 6.23. The van der Waals surface area contributed by atoms with Crippen LogP contribution in [0.1, 0.15) is 32.9 Å². The van der Waals surface area contributed by atoms with E-state index in [1.54, 1.807) is 14.2 Å². The van der Waals surface area contributed by atoms with Crippen LogP contribution in [0.3, 0.4) is 0 Å². The number of rotatable bonds is 5. The fraction of sp³-hybridized carbons (Fsp3) is 0.444. The quantitative estimate of drug-likeness (QED) is 0.790. The average molecular weight is 317 g/mol. The number of esters is 1. The van der Waals surface area contributed by atoms with Crippen molar-refractivity contribution in [2.75, 3.05) is 14.2 Å². The van der Waals surface area contributed by atoms with Crippen LogP contribution < -0.4 is 9.47 Å². The number of aromatic nitrogens is 1. The molecule has 2 rings (SSSR count). The fourth-order valence-corrected chi connectivity index (χ4v) is 2.42. The van der Waals surface area contributed by atoms with Gasteiger partial charge in [-0.1, -0.05) is 24.3 Å². The van der Waals surface area contributed by atoms with Crippen LogP contribution in [0.2, 0.25) is 0 Å². The van der Waals surface area contributed by atoms with Gasteiger partial charge in [0.05, 0.1) is 26.3 Å². The summed E-state index contributed by atoms with van der Waals surface area (Å²) >= 11 is 0. The van der Waals surface area contributed by atoms with E-state index in [0.717, 1.165) is 16.5 Å². The third-order valence-electron chi connectivity index (χ3n) is 3.30. The lowest BCUT2D eigenvalue weighted by Gasteiger charge is -2.19. The lowest BCUT2D eigenvalue weighted by Crippen LogP contribution is -2.24. The SMILES string of the molecule is COc1nc(CCC(=O)OC(C)(C)C)c2ccccc2c1OC. The molecule has 2 aromatic rings. The zero-order valence-corrected chi connectivity index (χ0v) is 14.3. The monoisotopic (exact) mass is 317 g/mol. The van der Waals surface area contributed by atoms with E-state index in [1.807, 2.05) is 45.0 Å². The van der Waals surface area contributed by atoms with Gasteiger partial charge in [-0.3, -0.25) is 4.79 Å². The van der Waals surface area contributed by atoms with Crippen molar-refractivity contribution in [3.63, 3.8) is 0 Å². The van der Waals surface area contributed by atoms with Gasteiger partial charge in [-0.25, -0.2) is 4.98 Å². The van der Waals surface area contributed by atoms with Gasteiger partial charge in [-0.2, -0.15) is 0 Å². The Morgan fingerprint density at radius 3 is 2.30 bits per heavy atom. The second kappa shape index (κ2) is 6.86. The Morgan fingerprint density at radius 1 is 1.09 bits per heavy atom. The molecule has 0 radical (unpaired) electrons. The minimum atomic E-state index is -0.482. The number of carbonyl (C=O) groups excluding carboxylic acids is 1. The number of hydrogen-bond acceptors (Lipinski definition) is 5. The second-order valence-electron chi connectivity index (χ2n) is 6.23. The minimum absolute atomic E-state index is 0.238. The average Bonchev–Trinajstić information content (AvgIpc) is 2.50. The van der Waals surface area contributed by atoms with Crippen LogP contribution in [0.4, 0.5) is 0 Å². The number of nitrogens with zero attached hydrogens (tertiary/aromatic N) is 1. The molecule has 0 aliphatic rings. The number of aryl methyl sites for hydroxylation is 1. The molecular formula is C18H23NO4. The number of carbonyl (C=O) groups is 1. The van der Waals surface area contributed by atoms with Gasteiger partial charge < -0.3 is 14.2 Å². The Kier molecular flexibility index (Phi) is 5.08. The number of benzene rings is 1. The van der Waals surface area contributed by atoms with E-state index in [2.05, 4.69) is 4.98 Å². The molecule has 0 amide bonds. The molecule has 124 valence electrons. The largest absolute Gasteiger partial charge is 0.491 e. The number of fused-ring (bicyclic) bond motifs is 1. The molecule has 1 heterocycles. The normalized spacial score (nSPS) is 11.3. The molecule has 5 heteroatoms. The Bertz CT molecular complexity index is 704. The molecule has 0 fully saturated rings. The van der Waals surface area contributed by atoms with E-state index in [9.17, 15) is 4.79 Å². The number of pyridine rings is 1. The van der Waals surface area contributed by atoms with E-state index in [1.165, 1.54) is 0 Å². The summed E-state index contributed by atoms with van der Waals surface area (Å²) in [6, 6.07) is 7.79. The third kappa shape index (κ3) is 4.12. The van der Waals surface area contributed by atoms with Crippen LogP contribution in [-0.2, 0) is 16.0 Å². The van der Waals surface area contributed by atoms with Crippen molar-refractivity contribution in [3.05, 3.63) is 30.0 Å². The Labute approximate surface area is 136 Å². The molecule has 1 aromatic heterocycles. The highest BCUT2D eigenvalue weighted by Crippen LogP contribution is 2.35. The Morgan fingerprint density at radius 2 is 1.74 bits per heavy atom. The highest BCUT2D eigenvalue weighted by atomic mass is 16.6. The minimum Gasteiger partial charge on any atom is -0.491 e. The molecule has 0 saturated carbocycles. The van der Waals surface area contributed by atoms with E-state index in [-0.39, 0.29) is 12.4 Å². The molecule has 0 atom stereocenters. The first-order valence-corrected chi connectivity index (χ1v) is 7.57.